The van der Waals surface area contributed by atoms with Gasteiger partial charge in [0.15, 0.2) is 0 Å². The number of rotatable bonds is 2. The van der Waals surface area contributed by atoms with E-state index in [1.165, 1.54) is 22.0 Å². The monoisotopic (exact) mass is 312 g/mol. The first-order chi connectivity index (χ1) is 11.0. The van der Waals surface area contributed by atoms with Crippen molar-refractivity contribution in [3.8, 4) is 0 Å². The number of likely N-dealkylation sites (N-methyl/N-ethyl adjacent to an activating group) is 1. The van der Waals surface area contributed by atoms with Gasteiger partial charge in [0, 0.05) is 41.6 Å². The predicted molar refractivity (Wildman–Crippen MR) is 90.9 cm³/mol. The molecule has 0 bridgehead atoms. The van der Waals surface area contributed by atoms with Crippen LogP contribution in [-0.4, -0.2) is 40.2 Å². The van der Waals surface area contributed by atoms with Crippen molar-refractivity contribution in [2.45, 2.75) is 44.7 Å². The molecule has 4 rings (SSSR count). The molecule has 2 aromatic rings. The SMILES string of the molecule is CC(C)n1cc2c3c(cccc31)[C@H]1CC(C(=O)O)CN(C)[C@@H]1C2. The Kier molecular flexibility index (Phi) is 3.27. The van der Waals surface area contributed by atoms with E-state index in [4.69, 9.17) is 0 Å². The van der Waals surface area contributed by atoms with Crippen LogP contribution in [0, 0.1) is 5.92 Å². The Bertz CT molecular complexity index is 777. The summed E-state index contributed by atoms with van der Waals surface area (Å²) >= 11 is 0. The normalized spacial score (nSPS) is 27.4. The molecule has 1 N–H and O–H groups in total. The fourth-order valence-electron chi connectivity index (χ4n) is 4.68. The van der Waals surface area contributed by atoms with Crippen LogP contribution in [0.4, 0.5) is 0 Å². The molecule has 23 heavy (non-hydrogen) atoms. The van der Waals surface area contributed by atoms with Crippen LogP contribution in [0.5, 0.6) is 0 Å². The molecule has 122 valence electrons. The fraction of sp³-hybridized carbons (Fsp3) is 0.526. The van der Waals surface area contributed by atoms with Crippen LogP contribution in [0.15, 0.2) is 24.4 Å². The number of hydrogen-bond acceptors (Lipinski definition) is 2. The third-order valence-corrected chi connectivity index (χ3v) is 5.78. The molecule has 0 radical (unpaired) electrons. The van der Waals surface area contributed by atoms with Gasteiger partial charge < -0.3 is 14.6 Å². The molecule has 1 aromatic heterocycles. The molecule has 4 nitrogen and oxygen atoms in total. The number of carboxylic acids is 1. The van der Waals surface area contributed by atoms with Gasteiger partial charge in [-0.1, -0.05) is 12.1 Å². The second kappa shape index (κ2) is 5.10. The van der Waals surface area contributed by atoms with Gasteiger partial charge in [-0.25, -0.2) is 0 Å². The number of fused-ring (bicyclic) bond motifs is 2. The van der Waals surface area contributed by atoms with Crippen molar-refractivity contribution in [1.82, 2.24) is 9.47 Å². The van der Waals surface area contributed by atoms with Gasteiger partial charge in [0.1, 0.15) is 0 Å². The van der Waals surface area contributed by atoms with E-state index in [2.05, 4.69) is 54.8 Å². The van der Waals surface area contributed by atoms with Crippen molar-refractivity contribution in [3.05, 3.63) is 35.5 Å². The lowest BCUT2D eigenvalue weighted by molar-refractivity contribution is -0.144. The van der Waals surface area contributed by atoms with Gasteiger partial charge in [0.2, 0.25) is 0 Å². The van der Waals surface area contributed by atoms with E-state index < -0.39 is 5.97 Å². The highest BCUT2D eigenvalue weighted by molar-refractivity contribution is 5.89. The molecule has 0 spiro atoms. The summed E-state index contributed by atoms with van der Waals surface area (Å²) in [6.45, 7) is 5.09. The summed E-state index contributed by atoms with van der Waals surface area (Å²) in [5.74, 6) is -0.590. The van der Waals surface area contributed by atoms with Gasteiger partial charge in [0.25, 0.3) is 0 Å². The Morgan fingerprint density at radius 1 is 1.35 bits per heavy atom. The summed E-state index contributed by atoms with van der Waals surface area (Å²) in [5, 5.41) is 10.9. The minimum Gasteiger partial charge on any atom is -0.481 e. The lowest BCUT2D eigenvalue weighted by Crippen LogP contribution is -2.49. The Morgan fingerprint density at radius 2 is 2.13 bits per heavy atom. The van der Waals surface area contributed by atoms with Gasteiger partial charge >= 0.3 is 5.97 Å². The number of carbonyl (C=O) groups is 1. The van der Waals surface area contributed by atoms with Crippen molar-refractivity contribution < 1.29 is 9.90 Å². The molecule has 1 saturated heterocycles. The summed E-state index contributed by atoms with van der Waals surface area (Å²) in [6, 6.07) is 7.40. The number of likely N-dealkylation sites (tertiary alicyclic amines) is 1. The van der Waals surface area contributed by atoms with Crippen molar-refractivity contribution in [1.29, 1.82) is 0 Å². The molecule has 1 unspecified atom stereocenters. The Morgan fingerprint density at radius 3 is 2.83 bits per heavy atom. The molecule has 4 heteroatoms. The Balaban J connectivity index is 1.87. The molecule has 2 heterocycles. The maximum atomic E-state index is 11.5. The second-order valence-corrected chi connectivity index (χ2v) is 7.49. The van der Waals surface area contributed by atoms with Crippen LogP contribution >= 0.6 is 0 Å². The zero-order valence-electron chi connectivity index (χ0n) is 14.0. The molecule has 1 aliphatic heterocycles. The number of aliphatic carboxylic acids is 1. The first-order valence-corrected chi connectivity index (χ1v) is 8.52. The lowest BCUT2D eigenvalue weighted by Gasteiger charge is -2.44. The van der Waals surface area contributed by atoms with E-state index in [0.717, 1.165) is 12.8 Å². The van der Waals surface area contributed by atoms with Gasteiger partial charge in [0.05, 0.1) is 5.92 Å². The van der Waals surface area contributed by atoms with Crippen LogP contribution in [-0.2, 0) is 11.2 Å². The topological polar surface area (TPSA) is 45.5 Å². The molecule has 2 aliphatic rings. The van der Waals surface area contributed by atoms with E-state index in [1.54, 1.807) is 0 Å². The van der Waals surface area contributed by atoms with Crippen LogP contribution < -0.4 is 0 Å². The first kappa shape index (κ1) is 14.8. The number of hydrogen-bond donors (Lipinski definition) is 1. The van der Waals surface area contributed by atoms with Crippen LogP contribution in [0.3, 0.4) is 0 Å². The molecular weight excluding hydrogens is 288 g/mol. The van der Waals surface area contributed by atoms with E-state index in [0.29, 0.717) is 24.5 Å². The molecular formula is C19H24N2O2. The van der Waals surface area contributed by atoms with Crippen molar-refractivity contribution in [3.63, 3.8) is 0 Å². The fourth-order valence-corrected chi connectivity index (χ4v) is 4.68. The van der Waals surface area contributed by atoms with Crippen molar-refractivity contribution in [2.75, 3.05) is 13.6 Å². The van der Waals surface area contributed by atoms with Crippen molar-refractivity contribution >= 4 is 16.9 Å². The Hall–Kier alpha value is -1.81. The average molecular weight is 312 g/mol. The summed E-state index contributed by atoms with van der Waals surface area (Å²) < 4.78 is 2.36. The summed E-state index contributed by atoms with van der Waals surface area (Å²) in [4.78, 5) is 13.8. The minimum absolute atomic E-state index is 0.259. The van der Waals surface area contributed by atoms with E-state index >= 15 is 0 Å². The zero-order valence-corrected chi connectivity index (χ0v) is 14.0. The predicted octanol–water partition coefficient (Wildman–Crippen LogP) is 3.27. The smallest absolute Gasteiger partial charge is 0.307 e. The maximum Gasteiger partial charge on any atom is 0.307 e. The molecule has 1 aromatic carbocycles. The third kappa shape index (κ3) is 2.12. The highest BCUT2D eigenvalue weighted by atomic mass is 16.4. The third-order valence-electron chi connectivity index (χ3n) is 5.78. The highest BCUT2D eigenvalue weighted by Crippen LogP contribution is 2.45. The van der Waals surface area contributed by atoms with E-state index in [9.17, 15) is 9.90 Å². The van der Waals surface area contributed by atoms with Crippen LogP contribution in [0.25, 0.3) is 10.9 Å². The average Bonchev–Trinajstić information content (AvgIpc) is 2.88. The largest absolute Gasteiger partial charge is 0.481 e. The Labute approximate surface area is 136 Å². The molecule has 0 amide bonds. The molecule has 1 aliphatic carbocycles. The number of nitrogens with zero attached hydrogens (tertiary/aromatic N) is 2. The van der Waals surface area contributed by atoms with Gasteiger partial charge in [-0.3, -0.25) is 4.79 Å². The summed E-state index contributed by atoms with van der Waals surface area (Å²) in [5.41, 5.74) is 4.07. The van der Waals surface area contributed by atoms with E-state index in [-0.39, 0.29) is 5.92 Å². The summed E-state index contributed by atoms with van der Waals surface area (Å²) in [7, 11) is 2.08. The second-order valence-electron chi connectivity index (χ2n) is 7.49. The molecule has 3 atom stereocenters. The maximum absolute atomic E-state index is 11.5. The lowest BCUT2D eigenvalue weighted by atomic mass is 9.72. The standard InChI is InChI=1S/C19H24N2O2/c1-11(2)21-10-12-8-17-15(7-13(19(22)23)9-20(17)3)14-5-4-6-16(21)18(12)14/h4-6,10-11,13,15,17H,7-9H2,1-3H3,(H,22,23)/t13?,15-,17-/m1/s1. The molecule has 1 fully saturated rings. The van der Waals surface area contributed by atoms with E-state index in [1.807, 2.05) is 0 Å². The van der Waals surface area contributed by atoms with Gasteiger partial charge in [-0.05, 0) is 50.9 Å². The zero-order chi connectivity index (χ0) is 16.3. The number of aromatic nitrogens is 1. The molecule has 0 saturated carbocycles. The first-order valence-electron chi connectivity index (χ1n) is 8.52. The van der Waals surface area contributed by atoms with Gasteiger partial charge in [-0.15, -0.1) is 0 Å². The highest BCUT2D eigenvalue weighted by Gasteiger charge is 2.41. The van der Waals surface area contributed by atoms with Crippen LogP contribution in [0.1, 0.15) is 43.4 Å². The minimum atomic E-state index is -0.659. The van der Waals surface area contributed by atoms with Crippen LogP contribution in [0.2, 0.25) is 0 Å². The van der Waals surface area contributed by atoms with Crippen molar-refractivity contribution in [2.24, 2.45) is 5.92 Å². The number of carboxylic acid groups (broad SMARTS) is 1. The van der Waals surface area contributed by atoms with Gasteiger partial charge in [-0.2, -0.15) is 0 Å². The number of piperidine rings is 1. The summed E-state index contributed by atoms with van der Waals surface area (Å²) in [6.07, 6.45) is 4.10. The quantitative estimate of drug-likeness (QED) is 0.926. The number of benzene rings is 1.